The molecule has 1 aliphatic heterocycles. The van der Waals surface area contributed by atoms with Gasteiger partial charge in [-0.15, -0.1) is 11.3 Å². The van der Waals surface area contributed by atoms with Crippen molar-refractivity contribution in [2.24, 2.45) is 0 Å². The van der Waals surface area contributed by atoms with Crippen molar-refractivity contribution >= 4 is 17.0 Å². The Bertz CT molecular complexity index is 940. The van der Waals surface area contributed by atoms with Gasteiger partial charge in [0, 0.05) is 23.2 Å². The Morgan fingerprint density at radius 3 is 2.67 bits per heavy atom. The van der Waals surface area contributed by atoms with E-state index in [0.717, 1.165) is 22.2 Å². The highest BCUT2D eigenvalue weighted by Gasteiger charge is 2.33. The zero-order valence-corrected chi connectivity index (χ0v) is 15.0. The third kappa shape index (κ3) is 3.69. The monoisotopic (exact) mass is 391 g/mol. The predicted molar refractivity (Wildman–Crippen MR) is 97.4 cm³/mol. The molecule has 0 saturated carbocycles. The third-order valence-electron chi connectivity index (χ3n) is 4.43. The van der Waals surface area contributed by atoms with Gasteiger partial charge < -0.3 is 10.1 Å². The van der Waals surface area contributed by atoms with Crippen molar-refractivity contribution in [3.8, 4) is 11.3 Å². The van der Waals surface area contributed by atoms with Crippen molar-refractivity contribution in [3.63, 3.8) is 0 Å². The number of hydrogen-bond acceptors (Lipinski definition) is 5. The van der Waals surface area contributed by atoms with Gasteiger partial charge in [0.15, 0.2) is 0 Å². The van der Waals surface area contributed by atoms with Crippen molar-refractivity contribution in [3.05, 3.63) is 70.0 Å². The lowest BCUT2D eigenvalue weighted by molar-refractivity contribution is -0.137. The minimum Gasteiger partial charge on any atom is -0.351 e. The van der Waals surface area contributed by atoms with Gasteiger partial charge >= 0.3 is 6.18 Å². The maximum atomic E-state index is 13.2. The molecular formula is C19H16F3N3OS. The number of hydrogen-bond donors (Lipinski definition) is 1. The molecule has 0 aliphatic carbocycles. The van der Waals surface area contributed by atoms with E-state index in [2.05, 4.69) is 4.98 Å². The second-order valence-corrected chi connectivity index (χ2v) is 7.33. The number of aromatic nitrogens is 1. The van der Waals surface area contributed by atoms with Crippen LogP contribution in [0.3, 0.4) is 0 Å². The van der Waals surface area contributed by atoms with Crippen molar-refractivity contribution in [1.29, 1.82) is 0 Å². The molecule has 3 heterocycles. The lowest BCUT2D eigenvalue weighted by Gasteiger charge is -2.33. The van der Waals surface area contributed by atoms with Crippen molar-refractivity contribution in [1.82, 2.24) is 10.0 Å². The minimum absolute atomic E-state index is 0.0659. The minimum atomic E-state index is -4.43. The highest BCUT2D eigenvalue weighted by atomic mass is 32.1. The molecule has 0 radical (unpaired) electrons. The van der Waals surface area contributed by atoms with E-state index in [9.17, 15) is 18.4 Å². The summed E-state index contributed by atoms with van der Waals surface area (Å²) >= 11 is 1.58. The SMILES string of the molecule is ON1Cc2sccc2N(Cc2ccc(-c3ccccc3C(F)(F)F)nc2)C1. The molecule has 4 rings (SSSR count). The van der Waals surface area contributed by atoms with Gasteiger partial charge in [0.2, 0.25) is 0 Å². The Morgan fingerprint density at radius 2 is 1.93 bits per heavy atom. The van der Waals surface area contributed by atoms with E-state index in [0.29, 0.717) is 19.8 Å². The molecule has 4 nitrogen and oxygen atoms in total. The number of pyridine rings is 1. The molecule has 1 N–H and O–H groups in total. The lowest BCUT2D eigenvalue weighted by atomic mass is 10.0. The first-order valence-corrected chi connectivity index (χ1v) is 9.16. The van der Waals surface area contributed by atoms with Crippen LogP contribution in [0, 0.1) is 0 Å². The van der Waals surface area contributed by atoms with Crippen molar-refractivity contribution in [2.45, 2.75) is 19.3 Å². The molecule has 3 aromatic rings. The quantitative estimate of drug-likeness (QED) is 0.682. The fraction of sp³-hybridized carbons (Fsp3) is 0.211. The molecule has 0 amide bonds. The molecule has 0 saturated heterocycles. The standard InChI is InChI=1S/C19H16F3N3OS/c20-19(21,22)15-4-2-1-3-14(15)16-6-5-13(9-23-16)10-24-12-25(26)11-18-17(24)7-8-27-18/h1-9,26H,10-12H2. The molecule has 0 spiro atoms. The summed E-state index contributed by atoms with van der Waals surface area (Å²) in [5.41, 5.74) is 1.58. The number of fused-ring (bicyclic) bond motifs is 1. The highest BCUT2D eigenvalue weighted by Crippen LogP contribution is 2.36. The van der Waals surface area contributed by atoms with Crippen LogP contribution in [0.5, 0.6) is 0 Å². The van der Waals surface area contributed by atoms with E-state index in [1.165, 1.54) is 17.2 Å². The zero-order chi connectivity index (χ0) is 19.0. The normalized spacial score (nSPS) is 15.0. The molecule has 2 aromatic heterocycles. The summed E-state index contributed by atoms with van der Waals surface area (Å²) in [4.78, 5) is 7.34. The summed E-state index contributed by atoms with van der Waals surface area (Å²) in [5, 5.41) is 13.1. The van der Waals surface area contributed by atoms with Crippen LogP contribution >= 0.6 is 11.3 Å². The fourth-order valence-electron chi connectivity index (χ4n) is 3.21. The molecule has 140 valence electrons. The summed E-state index contributed by atoms with van der Waals surface area (Å²) in [7, 11) is 0. The Hall–Kier alpha value is -2.42. The number of nitrogens with zero attached hydrogens (tertiary/aromatic N) is 3. The summed E-state index contributed by atoms with van der Waals surface area (Å²) in [6.45, 7) is 1.37. The smallest absolute Gasteiger partial charge is 0.351 e. The number of alkyl halides is 3. The van der Waals surface area contributed by atoms with E-state index < -0.39 is 11.7 Å². The maximum absolute atomic E-state index is 13.2. The van der Waals surface area contributed by atoms with Gasteiger partial charge in [-0.25, -0.2) is 0 Å². The Morgan fingerprint density at radius 1 is 1.11 bits per heavy atom. The predicted octanol–water partition coefficient (Wildman–Crippen LogP) is 5.00. The van der Waals surface area contributed by atoms with Crippen LogP contribution in [-0.4, -0.2) is 21.9 Å². The average molecular weight is 391 g/mol. The molecular weight excluding hydrogens is 375 g/mol. The van der Waals surface area contributed by atoms with E-state index >= 15 is 0 Å². The molecule has 8 heteroatoms. The van der Waals surface area contributed by atoms with Crippen LogP contribution in [-0.2, 0) is 19.3 Å². The van der Waals surface area contributed by atoms with Crippen LogP contribution in [0.2, 0.25) is 0 Å². The first kappa shape index (κ1) is 18.0. The molecule has 1 aromatic carbocycles. The highest BCUT2D eigenvalue weighted by molar-refractivity contribution is 7.10. The van der Waals surface area contributed by atoms with Gasteiger partial charge in [-0.3, -0.25) is 4.98 Å². The van der Waals surface area contributed by atoms with E-state index in [4.69, 9.17) is 0 Å². The zero-order valence-electron chi connectivity index (χ0n) is 14.1. The molecule has 0 bridgehead atoms. The second-order valence-electron chi connectivity index (χ2n) is 6.33. The van der Waals surface area contributed by atoms with Gasteiger partial charge in [0.05, 0.1) is 30.2 Å². The van der Waals surface area contributed by atoms with Crippen LogP contribution in [0.15, 0.2) is 54.0 Å². The number of benzene rings is 1. The number of hydroxylamine groups is 2. The largest absolute Gasteiger partial charge is 0.417 e. The topological polar surface area (TPSA) is 39.6 Å². The fourth-order valence-corrected chi connectivity index (χ4v) is 4.11. The van der Waals surface area contributed by atoms with E-state index in [-0.39, 0.29) is 11.3 Å². The maximum Gasteiger partial charge on any atom is 0.417 e. The van der Waals surface area contributed by atoms with Gasteiger partial charge in [-0.1, -0.05) is 24.3 Å². The van der Waals surface area contributed by atoms with E-state index in [1.54, 1.807) is 35.7 Å². The van der Waals surface area contributed by atoms with Crippen LogP contribution in [0.25, 0.3) is 11.3 Å². The molecule has 0 unspecified atom stereocenters. The Balaban J connectivity index is 1.58. The number of rotatable bonds is 3. The van der Waals surface area contributed by atoms with Crippen LogP contribution < -0.4 is 4.90 Å². The van der Waals surface area contributed by atoms with Gasteiger partial charge in [-0.05, 0) is 29.1 Å². The Labute approximate surface area is 158 Å². The van der Waals surface area contributed by atoms with Gasteiger partial charge in [0.1, 0.15) is 0 Å². The average Bonchev–Trinajstić information content (AvgIpc) is 3.10. The third-order valence-corrected chi connectivity index (χ3v) is 5.32. The van der Waals surface area contributed by atoms with Crippen LogP contribution in [0.1, 0.15) is 16.0 Å². The van der Waals surface area contributed by atoms with Gasteiger partial charge in [0.25, 0.3) is 0 Å². The Kier molecular flexibility index (Phi) is 4.63. The first-order chi connectivity index (χ1) is 12.9. The summed E-state index contributed by atoms with van der Waals surface area (Å²) in [5.74, 6) is 0. The summed E-state index contributed by atoms with van der Waals surface area (Å²) in [6.07, 6.45) is -2.84. The van der Waals surface area contributed by atoms with Crippen LogP contribution in [0.4, 0.5) is 18.9 Å². The van der Waals surface area contributed by atoms with Crippen molar-refractivity contribution in [2.75, 3.05) is 11.6 Å². The number of thiophene rings is 1. The molecule has 0 atom stereocenters. The molecule has 1 aliphatic rings. The summed E-state index contributed by atoms with van der Waals surface area (Å²) in [6, 6.07) is 10.8. The summed E-state index contributed by atoms with van der Waals surface area (Å²) < 4.78 is 39.6. The number of halogens is 3. The van der Waals surface area contributed by atoms with Gasteiger partial charge in [-0.2, -0.15) is 18.2 Å². The lowest BCUT2D eigenvalue weighted by Crippen LogP contribution is -2.39. The number of anilines is 1. The molecule has 0 fully saturated rings. The van der Waals surface area contributed by atoms with Crippen molar-refractivity contribution < 1.29 is 18.4 Å². The second kappa shape index (κ2) is 6.95. The molecule has 27 heavy (non-hydrogen) atoms. The van der Waals surface area contributed by atoms with E-state index in [1.807, 2.05) is 16.3 Å². The first-order valence-electron chi connectivity index (χ1n) is 8.28.